The Morgan fingerprint density at radius 1 is 0.955 bits per heavy atom. The van der Waals surface area contributed by atoms with Crippen molar-refractivity contribution in [2.24, 2.45) is 11.5 Å². The molecule has 5 N–H and O–H groups in total. The Morgan fingerprint density at radius 2 is 1.45 bits per heavy atom. The quantitative estimate of drug-likeness (QED) is 0.400. The Kier molecular flexibility index (Phi) is 9.72. The van der Waals surface area contributed by atoms with Crippen molar-refractivity contribution < 1.29 is 28.7 Å². The third kappa shape index (κ3) is 6.64. The number of esters is 2. The number of likely N-dealkylation sites (N-methyl/N-ethyl adjacent to an activating group) is 1. The highest BCUT2D eigenvalue weighted by atomic mass is 16.6. The van der Waals surface area contributed by atoms with E-state index in [9.17, 15) is 19.2 Å². The summed E-state index contributed by atoms with van der Waals surface area (Å²) < 4.78 is 9.77. The molecule has 0 aliphatic rings. The molecular weight excluding hydrogens is 294 g/mol. The minimum atomic E-state index is -1.59. The first-order valence-corrected chi connectivity index (χ1v) is 7.00. The van der Waals surface area contributed by atoms with Crippen molar-refractivity contribution in [2.45, 2.75) is 38.9 Å². The average Bonchev–Trinajstić information content (AvgIpc) is 2.50. The SMILES string of the molecule is CCCC(=O)[C@H](OC(=O)CN)[C@@H](OC(=O)CN)C(=O)NCC. The van der Waals surface area contributed by atoms with Crippen molar-refractivity contribution >= 4 is 23.6 Å². The fourth-order valence-electron chi connectivity index (χ4n) is 1.59. The Balaban J connectivity index is 5.38. The van der Waals surface area contributed by atoms with Gasteiger partial charge in [-0.25, -0.2) is 0 Å². The molecule has 22 heavy (non-hydrogen) atoms. The number of carbonyl (C=O) groups is 4. The van der Waals surface area contributed by atoms with E-state index in [1.54, 1.807) is 13.8 Å². The van der Waals surface area contributed by atoms with Gasteiger partial charge in [-0.2, -0.15) is 0 Å². The normalized spacial score (nSPS) is 12.9. The summed E-state index contributed by atoms with van der Waals surface area (Å²) >= 11 is 0. The van der Waals surface area contributed by atoms with E-state index in [0.29, 0.717) is 6.42 Å². The van der Waals surface area contributed by atoms with Crippen LogP contribution in [0.2, 0.25) is 0 Å². The number of Topliss-reactive ketones (excluding diaryl/α,β-unsaturated/α-hetero) is 1. The van der Waals surface area contributed by atoms with Crippen LogP contribution in [0.25, 0.3) is 0 Å². The van der Waals surface area contributed by atoms with Gasteiger partial charge < -0.3 is 26.3 Å². The summed E-state index contributed by atoms with van der Waals surface area (Å²) in [4.78, 5) is 46.8. The van der Waals surface area contributed by atoms with E-state index >= 15 is 0 Å². The van der Waals surface area contributed by atoms with E-state index in [0.717, 1.165) is 0 Å². The number of nitrogens with two attached hydrogens (primary N) is 2. The lowest BCUT2D eigenvalue weighted by atomic mass is 10.0. The molecule has 9 heteroatoms. The van der Waals surface area contributed by atoms with Crippen LogP contribution in [-0.4, -0.2) is 55.5 Å². The Morgan fingerprint density at radius 3 is 1.86 bits per heavy atom. The molecule has 126 valence electrons. The zero-order valence-electron chi connectivity index (χ0n) is 12.8. The molecule has 0 radical (unpaired) electrons. The zero-order chi connectivity index (χ0) is 17.1. The Bertz CT molecular complexity index is 375. The summed E-state index contributed by atoms with van der Waals surface area (Å²) in [6, 6.07) is 0. The lowest BCUT2D eigenvalue weighted by Crippen LogP contribution is -2.51. The van der Waals surface area contributed by atoms with Crippen molar-refractivity contribution in [1.29, 1.82) is 0 Å². The lowest BCUT2D eigenvalue weighted by Gasteiger charge is -2.24. The summed E-state index contributed by atoms with van der Waals surface area (Å²) in [6.07, 6.45) is -2.61. The molecule has 0 unspecified atom stereocenters. The van der Waals surface area contributed by atoms with Gasteiger partial charge in [-0.05, 0) is 13.3 Å². The molecule has 1 amide bonds. The molecule has 2 atom stereocenters. The zero-order valence-corrected chi connectivity index (χ0v) is 12.8. The summed E-state index contributed by atoms with van der Waals surface area (Å²) in [7, 11) is 0. The van der Waals surface area contributed by atoms with Gasteiger partial charge in [-0.1, -0.05) is 6.92 Å². The maximum Gasteiger partial charge on any atom is 0.320 e. The predicted molar refractivity (Wildman–Crippen MR) is 76.5 cm³/mol. The molecule has 0 bridgehead atoms. The third-order valence-electron chi connectivity index (χ3n) is 2.55. The molecule has 0 aromatic carbocycles. The number of hydrogen-bond donors (Lipinski definition) is 3. The van der Waals surface area contributed by atoms with Crippen LogP contribution >= 0.6 is 0 Å². The number of nitrogens with one attached hydrogen (secondary N) is 1. The largest absolute Gasteiger partial charge is 0.449 e. The molecule has 0 aromatic rings. The monoisotopic (exact) mass is 317 g/mol. The Hall–Kier alpha value is -2.00. The van der Waals surface area contributed by atoms with E-state index in [2.05, 4.69) is 5.32 Å². The third-order valence-corrected chi connectivity index (χ3v) is 2.55. The summed E-state index contributed by atoms with van der Waals surface area (Å²) in [5.74, 6) is -3.06. The maximum absolute atomic E-state index is 12.1. The van der Waals surface area contributed by atoms with Gasteiger partial charge >= 0.3 is 11.9 Å². The van der Waals surface area contributed by atoms with Gasteiger partial charge in [0.25, 0.3) is 5.91 Å². The van der Waals surface area contributed by atoms with Crippen LogP contribution in [0.4, 0.5) is 0 Å². The van der Waals surface area contributed by atoms with Crippen molar-refractivity contribution in [1.82, 2.24) is 5.32 Å². The number of carbonyl (C=O) groups excluding carboxylic acids is 4. The first-order valence-electron chi connectivity index (χ1n) is 7.00. The molecule has 0 aliphatic heterocycles. The van der Waals surface area contributed by atoms with Crippen LogP contribution in [0.3, 0.4) is 0 Å². The minimum absolute atomic E-state index is 0.0542. The van der Waals surface area contributed by atoms with E-state index < -0.39 is 48.9 Å². The molecule has 0 heterocycles. The second-order valence-electron chi connectivity index (χ2n) is 4.34. The van der Waals surface area contributed by atoms with Crippen molar-refractivity contribution in [3.63, 3.8) is 0 Å². The van der Waals surface area contributed by atoms with Crippen LogP contribution in [0.15, 0.2) is 0 Å². The smallest absolute Gasteiger partial charge is 0.320 e. The predicted octanol–water partition coefficient (Wildman–Crippen LogP) is -1.77. The second-order valence-corrected chi connectivity index (χ2v) is 4.34. The van der Waals surface area contributed by atoms with Crippen LogP contribution in [0, 0.1) is 0 Å². The van der Waals surface area contributed by atoms with Crippen molar-refractivity contribution in [2.75, 3.05) is 19.6 Å². The molecule has 0 aliphatic carbocycles. The van der Waals surface area contributed by atoms with Crippen LogP contribution < -0.4 is 16.8 Å². The summed E-state index contributed by atoms with van der Waals surface area (Å²) in [5, 5.41) is 2.41. The molecule has 0 rings (SSSR count). The molecular formula is C13H23N3O6. The van der Waals surface area contributed by atoms with Crippen LogP contribution in [0.5, 0.6) is 0 Å². The van der Waals surface area contributed by atoms with E-state index in [4.69, 9.17) is 20.9 Å². The van der Waals surface area contributed by atoms with Gasteiger partial charge in [-0.15, -0.1) is 0 Å². The van der Waals surface area contributed by atoms with Crippen LogP contribution in [0.1, 0.15) is 26.7 Å². The van der Waals surface area contributed by atoms with E-state index in [1.165, 1.54) is 0 Å². The van der Waals surface area contributed by atoms with Gasteiger partial charge in [-0.3, -0.25) is 19.2 Å². The molecule has 0 saturated heterocycles. The highest BCUT2D eigenvalue weighted by Crippen LogP contribution is 2.11. The fraction of sp³-hybridized carbons (Fsp3) is 0.692. The number of ether oxygens (including phenoxy) is 2. The first-order chi connectivity index (χ1) is 10.4. The van der Waals surface area contributed by atoms with Gasteiger partial charge in [0, 0.05) is 13.0 Å². The Labute approximate surface area is 128 Å². The van der Waals surface area contributed by atoms with E-state index in [1.807, 2.05) is 0 Å². The molecule has 0 fully saturated rings. The van der Waals surface area contributed by atoms with Crippen molar-refractivity contribution in [3.05, 3.63) is 0 Å². The lowest BCUT2D eigenvalue weighted by molar-refractivity contribution is -0.174. The molecule has 9 nitrogen and oxygen atoms in total. The van der Waals surface area contributed by atoms with Gasteiger partial charge in [0.1, 0.15) is 0 Å². The summed E-state index contributed by atoms with van der Waals surface area (Å²) in [5.41, 5.74) is 10.3. The van der Waals surface area contributed by atoms with Gasteiger partial charge in [0.15, 0.2) is 5.78 Å². The van der Waals surface area contributed by atoms with E-state index in [-0.39, 0.29) is 13.0 Å². The van der Waals surface area contributed by atoms with Crippen molar-refractivity contribution in [3.8, 4) is 0 Å². The first kappa shape index (κ1) is 20.0. The van der Waals surface area contributed by atoms with Gasteiger partial charge in [0.2, 0.25) is 12.2 Å². The maximum atomic E-state index is 12.1. The fourth-order valence-corrected chi connectivity index (χ4v) is 1.59. The topological polar surface area (TPSA) is 151 Å². The second kappa shape index (κ2) is 10.7. The molecule has 0 aromatic heterocycles. The summed E-state index contributed by atoms with van der Waals surface area (Å²) in [6.45, 7) is 2.69. The number of amides is 1. The number of hydrogen-bond acceptors (Lipinski definition) is 8. The number of ketones is 1. The molecule has 0 spiro atoms. The van der Waals surface area contributed by atoms with Crippen LogP contribution in [-0.2, 0) is 28.7 Å². The highest BCUT2D eigenvalue weighted by molar-refractivity contribution is 5.94. The minimum Gasteiger partial charge on any atom is -0.449 e. The highest BCUT2D eigenvalue weighted by Gasteiger charge is 2.38. The average molecular weight is 317 g/mol. The molecule has 0 saturated carbocycles. The van der Waals surface area contributed by atoms with Gasteiger partial charge in [0.05, 0.1) is 13.1 Å². The number of rotatable bonds is 10. The standard InChI is InChI=1S/C13H23N3O6/c1-3-5-8(17)11(21-9(18)6-14)12(13(20)16-4-2)22-10(19)7-15/h11-12H,3-7,14-15H2,1-2H3,(H,16,20)/t11-,12+/m0/s1.